The molecule has 0 saturated carbocycles. The van der Waals surface area contributed by atoms with Crippen LogP contribution in [0, 0.1) is 0 Å². The Morgan fingerprint density at radius 3 is 1.94 bits per heavy atom. The minimum absolute atomic E-state index is 0.0506. The number of amides is 4. The van der Waals surface area contributed by atoms with Gasteiger partial charge in [-0.25, -0.2) is 4.79 Å². The highest BCUT2D eigenvalue weighted by Crippen LogP contribution is 2.20. The summed E-state index contributed by atoms with van der Waals surface area (Å²) in [6.45, 7) is 5.07. The van der Waals surface area contributed by atoms with Crippen molar-refractivity contribution in [2.75, 3.05) is 7.05 Å². The highest BCUT2D eigenvalue weighted by molar-refractivity contribution is 5.96. The van der Waals surface area contributed by atoms with Gasteiger partial charge in [0.25, 0.3) is 0 Å². The number of primary amides is 1. The maximum Gasteiger partial charge on any atom is 0.410 e. The first-order valence-corrected chi connectivity index (χ1v) is 16.4. The third-order valence-electron chi connectivity index (χ3n) is 7.93. The molecular weight excluding hydrogens is 636 g/mol. The van der Waals surface area contributed by atoms with E-state index < -0.39 is 59.9 Å². The molecule has 262 valence electrons. The van der Waals surface area contributed by atoms with Gasteiger partial charge in [-0.05, 0) is 48.2 Å². The molecule has 0 aromatic heterocycles. The second-order valence-electron chi connectivity index (χ2n) is 13.0. The highest BCUT2D eigenvalue weighted by atomic mass is 16.6. The molecule has 0 fully saturated rings. The molecule has 3 atom stereocenters. The third-order valence-corrected chi connectivity index (χ3v) is 7.93. The fraction of sp³-hybridized carbons (Fsp3) is 0.308. The Balaban J connectivity index is 1.59. The van der Waals surface area contributed by atoms with Crippen molar-refractivity contribution in [1.82, 2.24) is 15.5 Å². The molecular formula is C39H44N4O7. The molecule has 50 heavy (non-hydrogen) atoms. The summed E-state index contributed by atoms with van der Waals surface area (Å²) in [5, 5.41) is 7.13. The van der Waals surface area contributed by atoms with Crippen LogP contribution in [0.5, 0.6) is 0 Å². The van der Waals surface area contributed by atoms with Gasteiger partial charge >= 0.3 is 12.1 Å². The third kappa shape index (κ3) is 10.9. The first-order valence-electron chi connectivity index (χ1n) is 16.4. The van der Waals surface area contributed by atoms with Crippen LogP contribution in [0.1, 0.15) is 43.9 Å². The van der Waals surface area contributed by atoms with E-state index in [2.05, 4.69) is 10.6 Å². The number of nitrogens with zero attached hydrogens (tertiary/aromatic N) is 1. The van der Waals surface area contributed by atoms with E-state index in [-0.39, 0.29) is 19.4 Å². The summed E-state index contributed by atoms with van der Waals surface area (Å²) < 4.78 is 11.0. The maximum atomic E-state index is 14.0. The van der Waals surface area contributed by atoms with Crippen molar-refractivity contribution in [2.45, 2.75) is 70.4 Å². The zero-order valence-electron chi connectivity index (χ0n) is 28.8. The van der Waals surface area contributed by atoms with Gasteiger partial charge in [-0.15, -0.1) is 0 Å². The number of fused-ring (bicyclic) bond motifs is 1. The molecule has 0 aliphatic heterocycles. The fourth-order valence-electron chi connectivity index (χ4n) is 5.33. The predicted octanol–water partition coefficient (Wildman–Crippen LogP) is 4.45. The van der Waals surface area contributed by atoms with Crippen molar-refractivity contribution < 1.29 is 33.4 Å². The lowest BCUT2D eigenvalue weighted by molar-refractivity contribution is -0.147. The number of ether oxygens (including phenoxy) is 2. The second-order valence-corrected chi connectivity index (χ2v) is 13.0. The van der Waals surface area contributed by atoms with E-state index in [9.17, 15) is 24.0 Å². The van der Waals surface area contributed by atoms with Crippen LogP contribution < -0.4 is 16.4 Å². The van der Waals surface area contributed by atoms with E-state index in [1.165, 1.54) is 7.05 Å². The first kappa shape index (κ1) is 37.1. The van der Waals surface area contributed by atoms with Gasteiger partial charge in [0.1, 0.15) is 30.3 Å². The average molecular weight is 681 g/mol. The van der Waals surface area contributed by atoms with Crippen LogP contribution in [0.4, 0.5) is 4.79 Å². The molecule has 0 bridgehead atoms. The number of hydrogen-bond acceptors (Lipinski definition) is 7. The van der Waals surface area contributed by atoms with E-state index >= 15 is 0 Å². The lowest BCUT2D eigenvalue weighted by Gasteiger charge is -2.31. The zero-order valence-corrected chi connectivity index (χ0v) is 28.8. The molecule has 4 aromatic carbocycles. The van der Waals surface area contributed by atoms with Crippen LogP contribution in [-0.2, 0) is 48.1 Å². The van der Waals surface area contributed by atoms with Gasteiger partial charge in [0.05, 0.1) is 6.42 Å². The predicted molar refractivity (Wildman–Crippen MR) is 189 cm³/mol. The summed E-state index contributed by atoms with van der Waals surface area (Å²) >= 11 is 0. The monoisotopic (exact) mass is 680 g/mol. The number of carbonyl (C=O) groups excluding carboxylic acids is 5. The fourth-order valence-corrected chi connectivity index (χ4v) is 5.33. The first-order chi connectivity index (χ1) is 23.8. The molecule has 0 aliphatic rings. The number of esters is 1. The van der Waals surface area contributed by atoms with Crippen molar-refractivity contribution >= 4 is 40.6 Å². The molecule has 11 nitrogen and oxygen atoms in total. The van der Waals surface area contributed by atoms with Crippen LogP contribution in [0.2, 0.25) is 0 Å². The van der Waals surface area contributed by atoms with Gasteiger partial charge in [-0.2, -0.15) is 0 Å². The van der Waals surface area contributed by atoms with E-state index in [1.807, 2.05) is 54.6 Å². The normalized spacial score (nSPS) is 13.0. The van der Waals surface area contributed by atoms with Gasteiger partial charge in [0.15, 0.2) is 0 Å². The van der Waals surface area contributed by atoms with E-state index in [0.717, 1.165) is 32.4 Å². The molecule has 4 N–H and O–H groups in total. The summed E-state index contributed by atoms with van der Waals surface area (Å²) in [6, 6.07) is 27.5. The topological polar surface area (TPSA) is 157 Å². The largest absolute Gasteiger partial charge is 0.461 e. The Kier molecular flexibility index (Phi) is 12.7. The number of benzene rings is 4. The van der Waals surface area contributed by atoms with E-state index in [1.54, 1.807) is 69.3 Å². The van der Waals surface area contributed by atoms with Crippen molar-refractivity contribution in [3.05, 3.63) is 120 Å². The quantitative estimate of drug-likeness (QED) is 0.166. The van der Waals surface area contributed by atoms with Gasteiger partial charge < -0.3 is 25.8 Å². The summed E-state index contributed by atoms with van der Waals surface area (Å²) in [7, 11) is 1.43. The van der Waals surface area contributed by atoms with Gasteiger partial charge in [-0.3, -0.25) is 24.1 Å². The second kappa shape index (κ2) is 17.1. The zero-order chi connectivity index (χ0) is 36.3. The molecule has 0 heterocycles. The van der Waals surface area contributed by atoms with Gasteiger partial charge in [0.2, 0.25) is 17.7 Å². The van der Waals surface area contributed by atoms with E-state index in [0.29, 0.717) is 0 Å². The molecule has 0 unspecified atom stereocenters. The van der Waals surface area contributed by atoms with E-state index in [4.69, 9.17) is 15.2 Å². The van der Waals surface area contributed by atoms with Crippen molar-refractivity contribution in [3.8, 4) is 0 Å². The Bertz CT molecular complexity index is 1790. The van der Waals surface area contributed by atoms with Crippen molar-refractivity contribution in [3.63, 3.8) is 0 Å². The molecule has 0 aliphatic carbocycles. The lowest BCUT2D eigenvalue weighted by Crippen LogP contribution is -2.58. The smallest absolute Gasteiger partial charge is 0.410 e. The van der Waals surface area contributed by atoms with Crippen molar-refractivity contribution in [1.29, 1.82) is 0 Å². The number of carbonyl (C=O) groups is 5. The van der Waals surface area contributed by atoms with Crippen molar-refractivity contribution in [2.24, 2.45) is 5.73 Å². The number of hydrogen-bond donors (Lipinski definition) is 3. The van der Waals surface area contributed by atoms with Gasteiger partial charge in [0, 0.05) is 19.9 Å². The van der Waals surface area contributed by atoms with Gasteiger partial charge in [-0.1, -0.05) is 103 Å². The number of rotatable bonds is 14. The minimum atomic E-state index is -1.48. The number of nitrogens with one attached hydrogen (secondary N) is 2. The molecule has 4 amide bonds. The molecule has 4 rings (SSSR count). The van der Waals surface area contributed by atoms with Crippen LogP contribution in [-0.4, -0.2) is 65.5 Å². The summed E-state index contributed by atoms with van der Waals surface area (Å²) in [5.74, 6) is -3.10. The lowest BCUT2D eigenvalue weighted by atomic mass is 9.98. The molecule has 0 saturated heterocycles. The Morgan fingerprint density at radius 2 is 1.30 bits per heavy atom. The maximum absolute atomic E-state index is 14.0. The molecule has 0 radical (unpaired) electrons. The molecule has 0 spiro atoms. The summed E-state index contributed by atoms with van der Waals surface area (Å²) in [5.41, 5.74) is 7.18. The summed E-state index contributed by atoms with van der Waals surface area (Å²) in [6.07, 6.45) is -1.15. The Hall–Kier alpha value is -5.71. The van der Waals surface area contributed by atoms with Crippen LogP contribution in [0.15, 0.2) is 103 Å². The SMILES string of the molecule is CN(C(=O)OC(C)(C)C)[C@@H](Cc1ccccc1)C(=O)N[C@@H](CC(=O)OCc1ccccc1)C(=O)N[C@@H](Cc1cccc2ccccc12)C(N)=O. The molecule has 4 aromatic rings. The van der Waals surface area contributed by atoms with Crippen LogP contribution in [0.25, 0.3) is 10.8 Å². The number of likely N-dealkylation sites (N-methyl/N-ethyl adjacent to an activating group) is 1. The average Bonchev–Trinajstić information content (AvgIpc) is 3.09. The molecule has 11 heteroatoms. The Morgan fingerprint density at radius 1 is 0.720 bits per heavy atom. The highest BCUT2D eigenvalue weighted by Gasteiger charge is 2.35. The van der Waals surface area contributed by atoms with Crippen LogP contribution >= 0.6 is 0 Å². The Labute approximate surface area is 292 Å². The number of nitrogens with two attached hydrogens (primary N) is 1. The van der Waals surface area contributed by atoms with Crippen LogP contribution in [0.3, 0.4) is 0 Å². The standard InChI is InChI=1S/C39H44N4O7/c1-39(2,3)50-38(48)43(4)33(22-26-14-7-5-8-15-26)37(47)42-32(24-34(44)49-25-27-16-9-6-10-17-27)36(46)41-31(35(40)45)23-29-20-13-19-28-18-11-12-21-30(28)29/h5-21,31-33H,22-25H2,1-4H3,(H2,40,45)(H,41,46)(H,42,47)/t31-,32-,33-/m0/s1. The summed E-state index contributed by atoms with van der Waals surface area (Å²) in [4.78, 5) is 67.9. The minimum Gasteiger partial charge on any atom is -0.461 e.